The van der Waals surface area contributed by atoms with Gasteiger partial charge in [0.05, 0.1) is 16.7 Å². The highest BCUT2D eigenvalue weighted by Gasteiger charge is 2.14. The molecule has 0 saturated carbocycles. The first kappa shape index (κ1) is 16.3. The Kier molecular flexibility index (Phi) is 4.51. The van der Waals surface area contributed by atoms with Crippen LogP contribution in [0.5, 0.6) is 0 Å². The van der Waals surface area contributed by atoms with Crippen molar-refractivity contribution in [2.75, 3.05) is 0 Å². The molecule has 0 aliphatic heterocycles. The van der Waals surface area contributed by atoms with Crippen molar-refractivity contribution in [3.05, 3.63) is 82.4 Å². The van der Waals surface area contributed by atoms with Gasteiger partial charge in [-0.2, -0.15) is 5.10 Å². The van der Waals surface area contributed by atoms with Gasteiger partial charge in [0.15, 0.2) is 0 Å². The van der Waals surface area contributed by atoms with E-state index in [0.717, 1.165) is 11.3 Å². The Morgan fingerprint density at radius 2 is 2.00 bits per heavy atom. The maximum atomic E-state index is 12.3. The smallest absolute Gasteiger partial charge is 0.270 e. The summed E-state index contributed by atoms with van der Waals surface area (Å²) in [6.45, 7) is 1.85. The number of rotatable bonds is 5. The number of nitrogens with zero attached hydrogens (tertiary/aromatic N) is 4. The summed E-state index contributed by atoms with van der Waals surface area (Å²) in [5.74, 6) is -0.364. The molecule has 0 spiro atoms. The summed E-state index contributed by atoms with van der Waals surface area (Å²) < 4.78 is 1.64. The second-order valence-corrected chi connectivity index (χ2v) is 5.43. The van der Waals surface area contributed by atoms with Crippen molar-refractivity contribution in [2.45, 2.75) is 13.0 Å². The van der Waals surface area contributed by atoms with Crippen molar-refractivity contribution < 1.29 is 9.72 Å². The van der Waals surface area contributed by atoms with Gasteiger partial charge in [0.1, 0.15) is 12.7 Å². The Hall–Kier alpha value is -3.55. The van der Waals surface area contributed by atoms with Gasteiger partial charge in [-0.15, -0.1) is 0 Å². The minimum atomic E-state index is -0.525. The molecule has 1 aromatic heterocycles. The SMILES string of the molecule is C[C@H](NC(=O)c1cccc([N+](=O)[O-])c1)c1ccc(-n2cncn2)cc1. The standard InChI is InChI=1S/C17H15N5O3/c1-12(13-5-7-15(8-6-13)21-11-18-10-19-21)20-17(23)14-3-2-4-16(9-14)22(24)25/h2-12H,1H3,(H,20,23)/t12-/m0/s1. The van der Waals surface area contributed by atoms with Gasteiger partial charge in [-0.05, 0) is 30.7 Å². The van der Waals surface area contributed by atoms with Crippen molar-refractivity contribution >= 4 is 11.6 Å². The molecule has 0 saturated heterocycles. The van der Waals surface area contributed by atoms with Gasteiger partial charge in [-0.3, -0.25) is 14.9 Å². The van der Waals surface area contributed by atoms with Gasteiger partial charge in [0, 0.05) is 17.7 Å². The van der Waals surface area contributed by atoms with Crippen LogP contribution in [0.3, 0.4) is 0 Å². The second-order valence-electron chi connectivity index (χ2n) is 5.43. The zero-order valence-corrected chi connectivity index (χ0v) is 13.4. The van der Waals surface area contributed by atoms with E-state index in [-0.39, 0.29) is 23.2 Å². The lowest BCUT2D eigenvalue weighted by Crippen LogP contribution is -2.26. The third-order valence-corrected chi connectivity index (χ3v) is 3.74. The highest BCUT2D eigenvalue weighted by atomic mass is 16.6. The van der Waals surface area contributed by atoms with Crippen molar-refractivity contribution in [3.63, 3.8) is 0 Å². The molecule has 126 valence electrons. The number of benzene rings is 2. The Balaban J connectivity index is 1.71. The monoisotopic (exact) mass is 337 g/mol. The van der Waals surface area contributed by atoms with E-state index in [2.05, 4.69) is 15.4 Å². The minimum Gasteiger partial charge on any atom is -0.346 e. The van der Waals surface area contributed by atoms with E-state index in [9.17, 15) is 14.9 Å². The number of amides is 1. The minimum absolute atomic E-state index is 0.113. The van der Waals surface area contributed by atoms with Crippen LogP contribution in [-0.4, -0.2) is 25.6 Å². The number of carbonyl (C=O) groups is 1. The third-order valence-electron chi connectivity index (χ3n) is 3.74. The molecule has 8 nitrogen and oxygen atoms in total. The number of nitrogens with one attached hydrogen (secondary N) is 1. The largest absolute Gasteiger partial charge is 0.346 e. The van der Waals surface area contributed by atoms with Gasteiger partial charge < -0.3 is 5.32 Å². The van der Waals surface area contributed by atoms with Gasteiger partial charge >= 0.3 is 0 Å². The van der Waals surface area contributed by atoms with E-state index >= 15 is 0 Å². The molecule has 2 aromatic carbocycles. The van der Waals surface area contributed by atoms with Crippen LogP contribution >= 0.6 is 0 Å². The van der Waals surface area contributed by atoms with E-state index in [1.165, 1.54) is 24.5 Å². The zero-order chi connectivity index (χ0) is 17.8. The predicted molar refractivity (Wildman–Crippen MR) is 90.3 cm³/mol. The summed E-state index contributed by atoms with van der Waals surface area (Å²) in [5, 5.41) is 17.7. The molecule has 0 radical (unpaired) electrons. The zero-order valence-electron chi connectivity index (χ0n) is 13.4. The van der Waals surface area contributed by atoms with Crippen LogP contribution in [0.1, 0.15) is 28.9 Å². The van der Waals surface area contributed by atoms with Crippen LogP contribution in [-0.2, 0) is 0 Å². The molecule has 1 amide bonds. The van der Waals surface area contributed by atoms with Crippen molar-refractivity contribution in [1.29, 1.82) is 0 Å². The van der Waals surface area contributed by atoms with E-state index in [1.807, 2.05) is 31.2 Å². The molecule has 0 fully saturated rings. The first-order chi connectivity index (χ1) is 12.0. The fourth-order valence-electron chi connectivity index (χ4n) is 2.38. The summed E-state index contributed by atoms with van der Waals surface area (Å²) in [7, 11) is 0. The highest BCUT2D eigenvalue weighted by molar-refractivity contribution is 5.95. The number of nitro groups is 1. The van der Waals surface area contributed by atoms with Crippen LogP contribution < -0.4 is 5.32 Å². The Bertz CT molecular complexity index is 891. The van der Waals surface area contributed by atoms with Gasteiger partial charge in [0.25, 0.3) is 11.6 Å². The molecule has 0 aliphatic carbocycles. The van der Waals surface area contributed by atoms with E-state index in [1.54, 1.807) is 17.1 Å². The number of hydrogen-bond acceptors (Lipinski definition) is 5. The molecule has 1 heterocycles. The van der Waals surface area contributed by atoms with Crippen LogP contribution in [0.4, 0.5) is 5.69 Å². The highest BCUT2D eigenvalue weighted by Crippen LogP contribution is 2.17. The van der Waals surface area contributed by atoms with E-state index in [4.69, 9.17) is 0 Å². The lowest BCUT2D eigenvalue weighted by atomic mass is 10.1. The topological polar surface area (TPSA) is 103 Å². The van der Waals surface area contributed by atoms with Crippen molar-refractivity contribution in [2.24, 2.45) is 0 Å². The number of aromatic nitrogens is 3. The molecular weight excluding hydrogens is 322 g/mol. The normalized spacial score (nSPS) is 11.7. The fourth-order valence-corrected chi connectivity index (χ4v) is 2.38. The predicted octanol–water partition coefficient (Wildman–Crippen LogP) is 2.67. The van der Waals surface area contributed by atoms with Gasteiger partial charge in [-0.25, -0.2) is 9.67 Å². The first-order valence-corrected chi connectivity index (χ1v) is 7.55. The number of hydrogen-bond donors (Lipinski definition) is 1. The number of nitro benzene ring substituents is 1. The first-order valence-electron chi connectivity index (χ1n) is 7.55. The Morgan fingerprint density at radius 3 is 2.64 bits per heavy atom. The molecule has 1 N–H and O–H groups in total. The summed E-state index contributed by atoms with van der Waals surface area (Å²) in [4.78, 5) is 26.5. The summed E-state index contributed by atoms with van der Waals surface area (Å²) in [6, 6.07) is 12.9. The maximum absolute atomic E-state index is 12.3. The molecule has 3 rings (SSSR count). The number of carbonyl (C=O) groups excluding carboxylic acids is 1. The maximum Gasteiger partial charge on any atom is 0.270 e. The third kappa shape index (κ3) is 3.69. The fraction of sp³-hybridized carbons (Fsp3) is 0.118. The summed E-state index contributed by atoms with van der Waals surface area (Å²) >= 11 is 0. The lowest BCUT2D eigenvalue weighted by Gasteiger charge is -2.15. The molecule has 25 heavy (non-hydrogen) atoms. The second kappa shape index (κ2) is 6.91. The average molecular weight is 337 g/mol. The molecular formula is C17H15N5O3. The lowest BCUT2D eigenvalue weighted by molar-refractivity contribution is -0.384. The van der Waals surface area contributed by atoms with Crippen LogP contribution in [0.2, 0.25) is 0 Å². The van der Waals surface area contributed by atoms with Gasteiger partial charge in [-0.1, -0.05) is 18.2 Å². The van der Waals surface area contributed by atoms with Crippen molar-refractivity contribution in [3.8, 4) is 5.69 Å². The Morgan fingerprint density at radius 1 is 1.24 bits per heavy atom. The molecule has 3 aromatic rings. The summed E-state index contributed by atoms with van der Waals surface area (Å²) in [6.07, 6.45) is 3.05. The van der Waals surface area contributed by atoms with Gasteiger partial charge in [0.2, 0.25) is 0 Å². The van der Waals surface area contributed by atoms with E-state index in [0.29, 0.717) is 0 Å². The molecule has 0 aliphatic rings. The van der Waals surface area contributed by atoms with Crippen LogP contribution in [0.25, 0.3) is 5.69 Å². The van der Waals surface area contributed by atoms with Crippen LogP contribution in [0, 0.1) is 10.1 Å². The quantitative estimate of drug-likeness (QED) is 0.569. The Labute approximate surface area is 143 Å². The summed E-state index contributed by atoms with van der Waals surface area (Å²) in [5.41, 5.74) is 1.90. The molecule has 1 atom stereocenters. The molecule has 0 bridgehead atoms. The van der Waals surface area contributed by atoms with Crippen LogP contribution in [0.15, 0.2) is 61.2 Å². The van der Waals surface area contributed by atoms with E-state index < -0.39 is 4.92 Å². The average Bonchev–Trinajstić information content (AvgIpc) is 3.16. The van der Waals surface area contributed by atoms with Crippen molar-refractivity contribution in [1.82, 2.24) is 20.1 Å². The molecule has 0 unspecified atom stereocenters. The molecule has 8 heteroatoms. The number of non-ortho nitro benzene ring substituents is 1.